The number of rotatable bonds is 4. The molecule has 116 valence electrons. The highest BCUT2D eigenvalue weighted by Gasteiger charge is 2.44. The van der Waals surface area contributed by atoms with Gasteiger partial charge in [0.05, 0.1) is 13.2 Å². The Morgan fingerprint density at radius 1 is 1.25 bits per heavy atom. The van der Waals surface area contributed by atoms with Gasteiger partial charge in [0.15, 0.2) is 5.96 Å². The third kappa shape index (κ3) is 3.24. The molecule has 3 fully saturated rings. The van der Waals surface area contributed by atoms with Gasteiger partial charge >= 0.3 is 0 Å². The number of likely N-dealkylation sites (tertiary alicyclic amines) is 1. The van der Waals surface area contributed by atoms with E-state index in [1.54, 1.807) is 0 Å². The van der Waals surface area contributed by atoms with Crippen molar-refractivity contribution in [2.45, 2.75) is 45.4 Å². The molecule has 0 unspecified atom stereocenters. The van der Waals surface area contributed by atoms with Gasteiger partial charge in [-0.3, -0.25) is 4.99 Å². The first-order valence-corrected chi connectivity index (χ1v) is 7.85. The minimum Gasteiger partial charge on any atom is -0.396 e. The summed E-state index contributed by atoms with van der Waals surface area (Å²) in [5, 5.41) is 12.8. The number of aliphatic imine (C=N–C) groups is 1. The summed E-state index contributed by atoms with van der Waals surface area (Å²) < 4.78 is 0. The second-order valence-electron chi connectivity index (χ2n) is 6.85. The molecule has 0 aromatic carbocycles. The molecule has 2 aliphatic carbocycles. The van der Waals surface area contributed by atoms with Gasteiger partial charge in [0.2, 0.25) is 0 Å². The summed E-state index contributed by atoms with van der Waals surface area (Å²) in [4.78, 5) is 7.24. The maximum atomic E-state index is 9.39. The summed E-state index contributed by atoms with van der Waals surface area (Å²) >= 11 is 0. The van der Waals surface area contributed by atoms with Crippen molar-refractivity contribution in [1.29, 1.82) is 0 Å². The van der Waals surface area contributed by atoms with Crippen molar-refractivity contribution in [2.75, 3.05) is 32.8 Å². The number of nitrogens with zero attached hydrogens (tertiary/aromatic N) is 2. The van der Waals surface area contributed by atoms with E-state index in [2.05, 4.69) is 17.1 Å². The number of aliphatic hydroxyl groups excluding tert-OH is 1. The molecule has 1 aliphatic heterocycles. The number of hydrogen-bond acceptors (Lipinski definition) is 2. The average Bonchev–Trinajstić information content (AvgIpc) is 3.02. The molecular formula is C15H28IN3O. The summed E-state index contributed by atoms with van der Waals surface area (Å²) in [6.07, 6.45) is 7.83. The van der Waals surface area contributed by atoms with Gasteiger partial charge in [-0.15, -0.1) is 24.0 Å². The fraction of sp³-hybridized carbons (Fsp3) is 0.933. The van der Waals surface area contributed by atoms with E-state index in [-0.39, 0.29) is 29.4 Å². The lowest BCUT2D eigenvalue weighted by atomic mass is 9.68. The fourth-order valence-electron chi connectivity index (χ4n) is 3.41. The Morgan fingerprint density at radius 2 is 2.00 bits per heavy atom. The lowest BCUT2D eigenvalue weighted by molar-refractivity contribution is 0.151. The lowest BCUT2D eigenvalue weighted by Crippen LogP contribution is -2.43. The van der Waals surface area contributed by atoms with Gasteiger partial charge in [-0.25, -0.2) is 0 Å². The van der Waals surface area contributed by atoms with Crippen LogP contribution in [0.5, 0.6) is 0 Å². The molecule has 4 nitrogen and oxygen atoms in total. The van der Waals surface area contributed by atoms with E-state index in [1.807, 2.05) is 0 Å². The molecule has 2 N–H and O–H groups in total. The Bertz CT molecular complexity index is 364. The van der Waals surface area contributed by atoms with E-state index in [0.29, 0.717) is 12.0 Å². The number of nitrogens with one attached hydrogen (secondary N) is 1. The van der Waals surface area contributed by atoms with Crippen LogP contribution in [-0.4, -0.2) is 48.8 Å². The molecule has 1 spiro atoms. The fourth-order valence-corrected chi connectivity index (χ4v) is 3.41. The molecule has 3 rings (SSSR count). The normalized spacial score (nSPS) is 26.1. The Morgan fingerprint density at radius 3 is 2.45 bits per heavy atom. The van der Waals surface area contributed by atoms with Gasteiger partial charge in [0.1, 0.15) is 0 Å². The zero-order chi connectivity index (χ0) is 13.3. The standard InChI is InChI=1S/C15H27N3O.HI/c1-2-16-13(17-10-15(12-19)6-7-15)18-9-8-14(11-18)4-3-5-14;/h19H,2-12H2,1H3,(H,16,17);1H. The van der Waals surface area contributed by atoms with Crippen LogP contribution in [0.4, 0.5) is 0 Å². The Labute approximate surface area is 139 Å². The minimum absolute atomic E-state index is 0. The Balaban J connectivity index is 0.00000147. The molecule has 3 aliphatic rings. The summed E-state index contributed by atoms with van der Waals surface area (Å²) in [7, 11) is 0. The van der Waals surface area contributed by atoms with Crippen LogP contribution in [0.3, 0.4) is 0 Å². The predicted octanol–water partition coefficient (Wildman–Crippen LogP) is 2.22. The van der Waals surface area contributed by atoms with Gasteiger partial charge in [-0.2, -0.15) is 0 Å². The number of halogens is 1. The van der Waals surface area contributed by atoms with Gasteiger partial charge in [0.25, 0.3) is 0 Å². The van der Waals surface area contributed by atoms with Gasteiger partial charge in [0, 0.05) is 25.0 Å². The van der Waals surface area contributed by atoms with Crippen LogP contribution < -0.4 is 5.32 Å². The highest BCUT2D eigenvalue weighted by molar-refractivity contribution is 14.0. The maximum Gasteiger partial charge on any atom is 0.193 e. The smallest absolute Gasteiger partial charge is 0.193 e. The molecule has 0 atom stereocenters. The van der Waals surface area contributed by atoms with Crippen LogP contribution in [-0.2, 0) is 0 Å². The van der Waals surface area contributed by atoms with Crippen LogP contribution in [0.1, 0.15) is 45.4 Å². The topological polar surface area (TPSA) is 47.9 Å². The highest BCUT2D eigenvalue weighted by atomic mass is 127. The summed E-state index contributed by atoms with van der Waals surface area (Å²) in [5.74, 6) is 1.08. The highest BCUT2D eigenvalue weighted by Crippen LogP contribution is 2.48. The van der Waals surface area contributed by atoms with E-state index >= 15 is 0 Å². The first-order chi connectivity index (χ1) is 9.21. The quantitative estimate of drug-likeness (QED) is 0.438. The lowest BCUT2D eigenvalue weighted by Gasteiger charge is -2.38. The monoisotopic (exact) mass is 393 g/mol. The second kappa shape index (κ2) is 6.38. The molecule has 0 amide bonds. The van der Waals surface area contributed by atoms with Gasteiger partial charge < -0.3 is 15.3 Å². The van der Waals surface area contributed by atoms with Crippen molar-refractivity contribution in [3.8, 4) is 0 Å². The third-order valence-electron chi connectivity index (χ3n) is 5.34. The van der Waals surface area contributed by atoms with E-state index < -0.39 is 0 Å². The molecule has 1 heterocycles. The van der Waals surface area contributed by atoms with Crippen molar-refractivity contribution in [3.05, 3.63) is 0 Å². The van der Waals surface area contributed by atoms with Crippen molar-refractivity contribution in [2.24, 2.45) is 15.8 Å². The van der Waals surface area contributed by atoms with E-state index in [0.717, 1.165) is 38.4 Å². The second-order valence-corrected chi connectivity index (χ2v) is 6.85. The largest absolute Gasteiger partial charge is 0.396 e. The van der Waals surface area contributed by atoms with E-state index in [9.17, 15) is 5.11 Å². The van der Waals surface area contributed by atoms with Crippen molar-refractivity contribution >= 4 is 29.9 Å². The zero-order valence-electron chi connectivity index (χ0n) is 12.5. The first kappa shape index (κ1) is 16.3. The summed E-state index contributed by atoms with van der Waals surface area (Å²) in [6.45, 7) is 6.47. The van der Waals surface area contributed by atoms with E-state index in [4.69, 9.17) is 4.99 Å². The molecule has 0 bridgehead atoms. The molecule has 20 heavy (non-hydrogen) atoms. The number of guanidine groups is 1. The predicted molar refractivity (Wildman–Crippen MR) is 92.6 cm³/mol. The van der Waals surface area contributed by atoms with Gasteiger partial charge in [-0.1, -0.05) is 6.42 Å². The molecule has 0 aromatic rings. The van der Waals surface area contributed by atoms with Gasteiger partial charge in [-0.05, 0) is 44.4 Å². The van der Waals surface area contributed by atoms with Crippen LogP contribution in [0.15, 0.2) is 4.99 Å². The van der Waals surface area contributed by atoms with Crippen LogP contribution in [0.2, 0.25) is 0 Å². The minimum atomic E-state index is 0. The number of hydrogen-bond donors (Lipinski definition) is 2. The summed E-state index contributed by atoms with van der Waals surface area (Å²) in [6, 6.07) is 0. The SMILES string of the molecule is CCNC(=NCC1(CO)CC1)N1CCC2(CCC2)C1.I. The van der Waals surface area contributed by atoms with Crippen LogP contribution in [0.25, 0.3) is 0 Å². The molecule has 2 saturated carbocycles. The molecule has 0 radical (unpaired) electrons. The molecule has 5 heteroatoms. The summed E-state index contributed by atoms with van der Waals surface area (Å²) in [5.41, 5.74) is 0.735. The third-order valence-corrected chi connectivity index (χ3v) is 5.34. The first-order valence-electron chi connectivity index (χ1n) is 7.85. The zero-order valence-corrected chi connectivity index (χ0v) is 14.9. The van der Waals surface area contributed by atoms with E-state index in [1.165, 1.54) is 32.2 Å². The average molecular weight is 393 g/mol. The molecule has 0 aromatic heterocycles. The van der Waals surface area contributed by atoms with Crippen LogP contribution in [0, 0.1) is 10.8 Å². The molecular weight excluding hydrogens is 365 g/mol. The van der Waals surface area contributed by atoms with Crippen molar-refractivity contribution < 1.29 is 5.11 Å². The maximum absolute atomic E-state index is 9.39. The molecule has 1 saturated heterocycles. The van der Waals surface area contributed by atoms with Crippen LogP contribution >= 0.6 is 24.0 Å². The van der Waals surface area contributed by atoms with Crippen molar-refractivity contribution in [3.63, 3.8) is 0 Å². The Hall–Kier alpha value is -0.0400. The van der Waals surface area contributed by atoms with Crippen molar-refractivity contribution in [1.82, 2.24) is 10.2 Å². The number of aliphatic hydroxyl groups is 1. The Kier molecular flexibility index (Phi) is 5.21.